The highest BCUT2D eigenvalue weighted by molar-refractivity contribution is 6.31. The average Bonchev–Trinajstić information content (AvgIpc) is 2.42. The Morgan fingerprint density at radius 2 is 1.29 bits per heavy atom. The van der Waals surface area contributed by atoms with Gasteiger partial charge in [-0.3, -0.25) is 0 Å². The fourth-order valence-corrected chi connectivity index (χ4v) is 1.97. The molecule has 0 nitrogen and oxygen atoms in total. The highest BCUT2D eigenvalue weighted by Crippen LogP contribution is 2.29. The first kappa shape index (κ1) is 11.7. The lowest BCUT2D eigenvalue weighted by Gasteiger charge is -2.10. The van der Waals surface area contributed by atoms with E-state index in [-0.39, 0.29) is 0 Å². The van der Waals surface area contributed by atoms with Crippen LogP contribution >= 0.6 is 11.6 Å². The van der Waals surface area contributed by atoms with Crippen LogP contribution in [0, 0.1) is 0 Å². The molecule has 84 valence electrons. The minimum Gasteiger partial charge on any atom is -0.0923 e. The van der Waals surface area contributed by atoms with Crippen LogP contribution in [0.2, 0.25) is 0 Å². The van der Waals surface area contributed by atoms with Crippen molar-refractivity contribution >= 4 is 22.7 Å². The molecule has 0 N–H and O–H groups in total. The van der Waals surface area contributed by atoms with Crippen molar-refractivity contribution in [2.45, 2.75) is 0 Å². The van der Waals surface area contributed by atoms with Gasteiger partial charge in [-0.1, -0.05) is 78.8 Å². The summed E-state index contributed by atoms with van der Waals surface area (Å²) in [5.74, 6) is 0. The summed E-state index contributed by atoms with van der Waals surface area (Å²) in [4.78, 5) is 0. The number of halogens is 1. The van der Waals surface area contributed by atoms with Crippen LogP contribution in [0.5, 0.6) is 0 Å². The van der Waals surface area contributed by atoms with E-state index in [0.717, 1.165) is 22.3 Å². The van der Waals surface area contributed by atoms with E-state index >= 15 is 0 Å². The molecule has 0 saturated carbocycles. The van der Waals surface area contributed by atoms with Crippen LogP contribution in [0.4, 0.5) is 0 Å². The van der Waals surface area contributed by atoms with Gasteiger partial charge in [-0.2, -0.15) is 0 Å². The van der Waals surface area contributed by atoms with Gasteiger partial charge in [0.05, 0.1) is 0 Å². The molecule has 2 aromatic carbocycles. The Kier molecular flexibility index (Phi) is 3.79. The number of benzene rings is 2. The first-order valence-corrected chi connectivity index (χ1v) is 5.87. The van der Waals surface area contributed by atoms with Crippen molar-refractivity contribution in [2.75, 3.05) is 0 Å². The fourth-order valence-electron chi connectivity index (χ4n) is 1.72. The van der Waals surface area contributed by atoms with E-state index in [1.54, 1.807) is 5.54 Å². The lowest BCUT2D eigenvalue weighted by atomic mass is 9.95. The molecular weight excluding hydrogens is 228 g/mol. The molecule has 0 atom stereocenters. The van der Waals surface area contributed by atoms with E-state index < -0.39 is 0 Å². The van der Waals surface area contributed by atoms with Crippen molar-refractivity contribution in [1.82, 2.24) is 0 Å². The third-order valence-corrected chi connectivity index (χ3v) is 2.86. The molecule has 0 heterocycles. The molecule has 1 heteroatoms. The Balaban J connectivity index is 2.37. The molecule has 0 aliphatic rings. The lowest BCUT2D eigenvalue weighted by Crippen LogP contribution is -1.88. The van der Waals surface area contributed by atoms with E-state index in [9.17, 15) is 0 Å². The van der Waals surface area contributed by atoms with Gasteiger partial charge in [0.2, 0.25) is 0 Å². The van der Waals surface area contributed by atoms with Gasteiger partial charge in [-0.15, -0.1) is 0 Å². The molecule has 0 fully saturated rings. The Hall–Kier alpha value is -1.79. The second-order valence-corrected chi connectivity index (χ2v) is 3.95. The summed E-state index contributed by atoms with van der Waals surface area (Å²) in [7, 11) is 0. The number of allylic oxidation sites excluding steroid dienone is 2. The smallest absolute Gasteiger partial charge is 0.0127 e. The quantitative estimate of drug-likeness (QED) is 0.664. The summed E-state index contributed by atoms with van der Waals surface area (Å²) in [6.45, 7) is 4.12. The molecule has 2 rings (SSSR count). The molecule has 2 aromatic rings. The molecule has 0 radical (unpaired) electrons. The maximum Gasteiger partial charge on any atom is 0.0127 e. The Morgan fingerprint density at radius 1 is 0.824 bits per heavy atom. The van der Waals surface area contributed by atoms with Crippen LogP contribution in [0.3, 0.4) is 0 Å². The van der Waals surface area contributed by atoms with Crippen LogP contribution in [-0.4, -0.2) is 0 Å². The molecule has 0 aromatic heterocycles. The molecule has 0 spiro atoms. The molecule has 0 bridgehead atoms. The van der Waals surface area contributed by atoms with Gasteiger partial charge in [0.25, 0.3) is 0 Å². The Morgan fingerprint density at radius 3 is 1.76 bits per heavy atom. The third kappa shape index (κ3) is 2.66. The van der Waals surface area contributed by atoms with Crippen molar-refractivity contribution in [2.24, 2.45) is 0 Å². The van der Waals surface area contributed by atoms with E-state index in [1.807, 2.05) is 60.7 Å². The van der Waals surface area contributed by atoms with Crippen LogP contribution in [0.1, 0.15) is 11.1 Å². The topological polar surface area (TPSA) is 0 Å². The number of hydrogen-bond acceptors (Lipinski definition) is 0. The molecule has 0 aliphatic carbocycles. The first-order chi connectivity index (χ1) is 8.33. The zero-order chi connectivity index (χ0) is 12.1. The van der Waals surface area contributed by atoms with Gasteiger partial charge >= 0.3 is 0 Å². The highest BCUT2D eigenvalue weighted by atomic mass is 35.5. The van der Waals surface area contributed by atoms with E-state index in [1.165, 1.54) is 0 Å². The highest BCUT2D eigenvalue weighted by Gasteiger charge is 2.06. The minimum atomic E-state index is 0.937. The van der Waals surface area contributed by atoms with Crippen LogP contribution < -0.4 is 0 Å². The Bertz CT molecular complexity index is 524. The van der Waals surface area contributed by atoms with E-state index in [4.69, 9.17) is 11.6 Å². The van der Waals surface area contributed by atoms with Crippen LogP contribution in [-0.2, 0) is 0 Å². The predicted molar refractivity (Wildman–Crippen MR) is 75.7 cm³/mol. The summed E-state index contributed by atoms with van der Waals surface area (Å²) < 4.78 is 0. The van der Waals surface area contributed by atoms with Crippen molar-refractivity contribution < 1.29 is 0 Å². The van der Waals surface area contributed by atoms with Gasteiger partial charge in [-0.25, -0.2) is 0 Å². The molecular formula is C16H13Cl. The summed E-state index contributed by atoms with van der Waals surface area (Å²) in [6.07, 6.45) is 0. The summed E-state index contributed by atoms with van der Waals surface area (Å²) in [5, 5.41) is 0. The molecule has 0 unspecified atom stereocenters. The van der Waals surface area contributed by atoms with Crippen LogP contribution in [0.15, 0.2) is 72.8 Å². The summed E-state index contributed by atoms with van der Waals surface area (Å²) in [6, 6.07) is 20.1. The Labute approximate surface area is 107 Å². The maximum absolute atomic E-state index is 5.92. The summed E-state index contributed by atoms with van der Waals surface area (Å²) in [5.41, 5.74) is 5.65. The number of rotatable bonds is 3. The molecule has 17 heavy (non-hydrogen) atoms. The van der Waals surface area contributed by atoms with Crippen LogP contribution in [0.25, 0.3) is 11.1 Å². The third-order valence-electron chi connectivity index (χ3n) is 2.64. The monoisotopic (exact) mass is 240 g/mol. The van der Waals surface area contributed by atoms with Crippen molar-refractivity contribution in [3.05, 3.63) is 83.9 Å². The fraction of sp³-hybridized carbons (Fsp3) is 0. The molecule has 0 saturated heterocycles. The zero-order valence-corrected chi connectivity index (χ0v) is 10.2. The SMILES string of the molecule is C=C(C(=CCl)c1ccccc1)c1ccccc1. The van der Waals surface area contributed by atoms with Crippen molar-refractivity contribution in [3.8, 4) is 0 Å². The van der Waals surface area contributed by atoms with Crippen molar-refractivity contribution in [3.63, 3.8) is 0 Å². The zero-order valence-electron chi connectivity index (χ0n) is 9.44. The second kappa shape index (κ2) is 5.51. The normalized spacial score (nSPS) is 11.2. The van der Waals surface area contributed by atoms with Crippen molar-refractivity contribution in [1.29, 1.82) is 0 Å². The number of hydrogen-bond donors (Lipinski definition) is 0. The first-order valence-electron chi connectivity index (χ1n) is 5.43. The van der Waals surface area contributed by atoms with Gasteiger partial charge in [0.15, 0.2) is 0 Å². The van der Waals surface area contributed by atoms with E-state index in [2.05, 4.69) is 6.58 Å². The average molecular weight is 241 g/mol. The molecule has 0 aliphatic heterocycles. The lowest BCUT2D eigenvalue weighted by molar-refractivity contribution is 1.59. The largest absolute Gasteiger partial charge is 0.0923 e. The van der Waals surface area contributed by atoms with Gasteiger partial charge < -0.3 is 0 Å². The summed E-state index contributed by atoms with van der Waals surface area (Å²) >= 11 is 5.92. The second-order valence-electron chi connectivity index (χ2n) is 3.73. The van der Waals surface area contributed by atoms with Gasteiger partial charge in [0.1, 0.15) is 0 Å². The van der Waals surface area contributed by atoms with Gasteiger partial charge in [0, 0.05) is 11.1 Å². The van der Waals surface area contributed by atoms with Gasteiger partial charge in [-0.05, 0) is 16.7 Å². The molecule has 0 amide bonds. The maximum atomic E-state index is 5.92. The van der Waals surface area contributed by atoms with E-state index in [0.29, 0.717) is 0 Å². The standard InChI is InChI=1S/C16H13Cl/c1-13(14-8-4-2-5-9-14)16(12-17)15-10-6-3-7-11-15/h2-12H,1H2. The minimum absolute atomic E-state index is 0.937. The predicted octanol–water partition coefficient (Wildman–Crippen LogP) is 4.98.